The number of methoxy groups -OCH3 is 1. The lowest BCUT2D eigenvalue weighted by Gasteiger charge is -2.23. The van der Waals surface area contributed by atoms with Gasteiger partial charge in [0, 0.05) is 18.8 Å². The number of rotatable bonds is 5. The summed E-state index contributed by atoms with van der Waals surface area (Å²) in [6.07, 6.45) is -4.47. The van der Waals surface area contributed by atoms with E-state index in [2.05, 4.69) is 5.32 Å². The second-order valence-electron chi connectivity index (χ2n) is 3.98. The number of benzene rings is 1. The lowest BCUT2D eigenvalue weighted by Crippen LogP contribution is -2.43. The van der Waals surface area contributed by atoms with Crippen molar-refractivity contribution < 1.29 is 22.7 Å². The molecular formula is C12H16F3N3O2. The van der Waals surface area contributed by atoms with Gasteiger partial charge in [0.25, 0.3) is 0 Å². The summed E-state index contributed by atoms with van der Waals surface area (Å²) >= 11 is 0. The summed E-state index contributed by atoms with van der Waals surface area (Å²) in [5, 5.41) is 2.38. The number of anilines is 1. The minimum Gasteiger partial charge on any atom is -0.497 e. The third-order valence-electron chi connectivity index (χ3n) is 2.40. The first kappa shape index (κ1) is 16.1. The average Bonchev–Trinajstić information content (AvgIpc) is 2.37. The fraction of sp³-hybridized carbons (Fsp3) is 0.417. The first-order valence-corrected chi connectivity index (χ1v) is 5.82. The number of nitrogens with one attached hydrogen (secondary N) is 1. The standard InChI is InChI=1S/C12H16F3N3O2/c1-20-10-4-2-9(3-5-10)17-11(19)18(7-6-16)8-12(13,14)15/h2-5H,6-8,16H2,1H3,(H,17,19). The highest BCUT2D eigenvalue weighted by Gasteiger charge is 2.32. The maximum Gasteiger partial charge on any atom is 0.406 e. The van der Waals surface area contributed by atoms with Crippen LogP contribution in [0.25, 0.3) is 0 Å². The molecule has 0 aliphatic rings. The summed E-state index contributed by atoms with van der Waals surface area (Å²) in [5.74, 6) is 0.581. The zero-order valence-electron chi connectivity index (χ0n) is 10.9. The van der Waals surface area contributed by atoms with Gasteiger partial charge in [0.2, 0.25) is 0 Å². The van der Waals surface area contributed by atoms with Crippen LogP contribution < -0.4 is 15.8 Å². The molecule has 0 aliphatic heterocycles. The van der Waals surface area contributed by atoms with Gasteiger partial charge in [-0.15, -0.1) is 0 Å². The van der Waals surface area contributed by atoms with Crippen molar-refractivity contribution >= 4 is 11.7 Å². The maximum atomic E-state index is 12.3. The number of alkyl halides is 3. The molecule has 112 valence electrons. The molecule has 0 fully saturated rings. The molecule has 1 rings (SSSR count). The summed E-state index contributed by atoms with van der Waals surface area (Å²) in [5.41, 5.74) is 5.59. The van der Waals surface area contributed by atoms with E-state index in [9.17, 15) is 18.0 Å². The molecule has 0 atom stereocenters. The molecule has 20 heavy (non-hydrogen) atoms. The lowest BCUT2D eigenvalue weighted by molar-refractivity contribution is -0.139. The molecule has 1 aromatic carbocycles. The van der Waals surface area contributed by atoms with Gasteiger partial charge in [-0.25, -0.2) is 4.79 Å². The van der Waals surface area contributed by atoms with Gasteiger partial charge in [0.05, 0.1) is 7.11 Å². The zero-order valence-corrected chi connectivity index (χ0v) is 10.9. The van der Waals surface area contributed by atoms with Crippen molar-refractivity contribution in [1.29, 1.82) is 0 Å². The van der Waals surface area contributed by atoms with Gasteiger partial charge < -0.3 is 20.7 Å². The molecule has 0 radical (unpaired) electrons. The van der Waals surface area contributed by atoms with Crippen LogP contribution in [0.15, 0.2) is 24.3 Å². The van der Waals surface area contributed by atoms with Crippen molar-refractivity contribution in [2.45, 2.75) is 6.18 Å². The normalized spacial score (nSPS) is 11.1. The molecule has 8 heteroatoms. The lowest BCUT2D eigenvalue weighted by atomic mass is 10.3. The molecule has 0 aliphatic carbocycles. The molecule has 0 unspecified atom stereocenters. The molecule has 0 spiro atoms. The van der Waals surface area contributed by atoms with E-state index in [1.165, 1.54) is 19.2 Å². The molecule has 0 aromatic heterocycles. The topological polar surface area (TPSA) is 67.6 Å². The Labute approximate surface area is 114 Å². The molecular weight excluding hydrogens is 275 g/mol. The number of ether oxygens (including phenoxy) is 1. The van der Waals surface area contributed by atoms with E-state index in [1.54, 1.807) is 12.1 Å². The smallest absolute Gasteiger partial charge is 0.406 e. The first-order valence-electron chi connectivity index (χ1n) is 5.82. The van der Waals surface area contributed by atoms with Crippen LogP contribution in [-0.2, 0) is 0 Å². The molecule has 3 N–H and O–H groups in total. The second-order valence-corrected chi connectivity index (χ2v) is 3.98. The number of hydrogen-bond acceptors (Lipinski definition) is 3. The van der Waals surface area contributed by atoms with Crippen molar-refractivity contribution in [2.75, 3.05) is 32.1 Å². The number of urea groups is 1. The molecule has 1 aromatic rings. The fourth-order valence-corrected chi connectivity index (χ4v) is 1.50. The number of nitrogens with zero attached hydrogens (tertiary/aromatic N) is 1. The zero-order chi connectivity index (χ0) is 15.2. The van der Waals surface area contributed by atoms with Gasteiger partial charge in [-0.05, 0) is 24.3 Å². The van der Waals surface area contributed by atoms with Gasteiger partial charge in [0.15, 0.2) is 0 Å². The van der Waals surface area contributed by atoms with Crippen LogP contribution >= 0.6 is 0 Å². The van der Waals surface area contributed by atoms with Crippen LogP contribution in [-0.4, -0.2) is 43.9 Å². The van der Waals surface area contributed by atoms with E-state index < -0.39 is 18.8 Å². The van der Waals surface area contributed by atoms with E-state index >= 15 is 0 Å². The fourth-order valence-electron chi connectivity index (χ4n) is 1.50. The second kappa shape index (κ2) is 6.99. The first-order chi connectivity index (χ1) is 9.35. The van der Waals surface area contributed by atoms with E-state index in [1.807, 2.05) is 0 Å². The van der Waals surface area contributed by atoms with Gasteiger partial charge >= 0.3 is 12.2 Å². The van der Waals surface area contributed by atoms with Crippen LogP contribution in [0.1, 0.15) is 0 Å². The highest BCUT2D eigenvalue weighted by atomic mass is 19.4. The predicted octanol–water partition coefficient (Wildman–Crippen LogP) is 2.05. The van der Waals surface area contributed by atoms with Crippen LogP contribution in [0.4, 0.5) is 23.7 Å². The summed E-state index contributed by atoms with van der Waals surface area (Å²) in [6.45, 7) is -1.57. The summed E-state index contributed by atoms with van der Waals surface area (Å²) < 4.78 is 42.0. The average molecular weight is 291 g/mol. The number of carbonyl (C=O) groups excluding carboxylic acids is 1. The van der Waals surface area contributed by atoms with Crippen molar-refractivity contribution in [3.8, 4) is 5.75 Å². The van der Waals surface area contributed by atoms with E-state index in [0.29, 0.717) is 16.3 Å². The minimum atomic E-state index is -4.47. The Morgan fingerprint density at radius 1 is 1.35 bits per heavy atom. The number of nitrogens with two attached hydrogens (primary N) is 1. The molecule has 0 heterocycles. The number of amides is 2. The quantitative estimate of drug-likeness (QED) is 0.872. The molecule has 0 saturated carbocycles. The Bertz CT molecular complexity index is 435. The maximum absolute atomic E-state index is 12.3. The summed E-state index contributed by atoms with van der Waals surface area (Å²) in [4.78, 5) is 12.4. The Kier molecular flexibility index (Phi) is 5.63. The molecule has 2 amide bonds. The third-order valence-corrected chi connectivity index (χ3v) is 2.40. The monoisotopic (exact) mass is 291 g/mol. The van der Waals surface area contributed by atoms with E-state index in [0.717, 1.165) is 0 Å². The largest absolute Gasteiger partial charge is 0.497 e. The van der Waals surface area contributed by atoms with Crippen molar-refractivity contribution in [2.24, 2.45) is 5.73 Å². The Morgan fingerprint density at radius 3 is 2.40 bits per heavy atom. The number of carbonyl (C=O) groups is 1. The highest BCUT2D eigenvalue weighted by Crippen LogP contribution is 2.18. The van der Waals surface area contributed by atoms with Crippen molar-refractivity contribution in [1.82, 2.24) is 4.90 Å². The van der Waals surface area contributed by atoms with Crippen LogP contribution in [0.3, 0.4) is 0 Å². The van der Waals surface area contributed by atoms with Crippen molar-refractivity contribution in [3.63, 3.8) is 0 Å². The van der Waals surface area contributed by atoms with Gasteiger partial charge in [-0.2, -0.15) is 13.2 Å². The van der Waals surface area contributed by atoms with Gasteiger partial charge in [-0.1, -0.05) is 0 Å². The minimum absolute atomic E-state index is 0.0495. The highest BCUT2D eigenvalue weighted by molar-refractivity contribution is 5.89. The predicted molar refractivity (Wildman–Crippen MR) is 68.7 cm³/mol. The SMILES string of the molecule is COc1ccc(NC(=O)N(CCN)CC(F)(F)F)cc1. The molecule has 5 nitrogen and oxygen atoms in total. The third kappa shape index (κ3) is 5.35. The van der Waals surface area contributed by atoms with E-state index in [-0.39, 0.29) is 13.1 Å². The number of halogens is 3. The Hall–Kier alpha value is -1.96. The van der Waals surface area contributed by atoms with Crippen LogP contribution in [0, 0.1) is 0 Å². The summed E-state index contributed by atoms with van der Waals surface area (Å²) in [6, 6.07) is 5.40. The number of hydrogen-bond donors (Lipinski definition) is 2. The molecule has 0 bridgehead atoms. The van der Waals surface area contributed by atoms with Crippen molar-refractivity contribution in [3.05, 3.63) is 24.3 Å². The Morgan fingerprint density at radius 2 is 1.95 bits per heavy atom. The Balaban J connectivity index is 2.69. The van der Waals surface area contributed by atoms with Crippen LogP contribution in [0.5, 0.6) is 5.75 Å². The summed E-state index contributed by atoms with van der Waals surface area (Å²) in [7, 11) is 1.49. The molecule has 0 saturated heterocycles. The van der Waals surface area contributed by atoms with Crippen LogP contribution in [0.2, 0.25) is 0 Å². The van der Waals surface area contributed by atoms with Gasteiger partial charge in [-0.3, -0.25) is 0 Å². The van der Waals surface area contributed by atoms with Gasteiger partial charge in [0.1, 0.15) is 12.3 Å². The van der Waals surface area contributed by atoms with E-state index in [4.69, 9.17) is 10.5 Å².